The summed E-state index contributed by atoms with van der Waals surface area (Å²) in [5.41, 5.74) is 0. The van der Waals surface area contributed by atoms with Crippen LogP contribution in [0.25, 0.3) is 0 Å². The highest BCUT2D eigenvalue weighted by Gasteiger charge is 2.18. The summed E-state index contributed by atoms with van der Waals surface area (Å²) in [6, 6.07) is 0. The van der Waals surface area contributed by atoms with E-state index in [2.05, 4.69) is 4.98 Å². The van der Waals surface area contributed by atoms with Crippen molar-refractivity contribution in [3.05, 3.63) is 6.20 Å². The molecule has 1 heterocycles. The number of aliphatic carboxylic acids is 1. The van der Waals surface area contributed by atoms with E-state index in [1.165, 1.54) is 4.90 Å². The van der Waals surface area contributed by atoms with Crippen LogP contribution in [0.15, 0.2) is 10.4 Å². The minimum atomic E-state index is -3.78. The number of carbonyl (C=O) groups is 1. The molecule has 0 saturated carbocycles. The predicted octanol–water partition coefficient (Wildman–Crippen LogP) is 0.0915. The number of carboxylic acid groups (broad SMARTS) is 1. The van der Waals surface area contributed by atoms with Crippen LogP contribution in [-0.2, 0) is 14.8 Å². The van der Waals surface area contributed by atoms with Crippen LogP contribution in [0, 0.1) is 0 Å². The van der Waals surface area contributed by atoms with Crippen molar-refractivity contribution in [1.29, 1.82) is 0 Å². The van der Waals surface area contributed by atoms with E-state index >= 15 is 0 Å². The molecule has 0 bridgehead atoms. The smallest absolute Gasteiger partial charge is 0.323 e. The second-order valence-corrected chi connectivity index (χ2v) is 6.12. The molecule has 0 aromatic carbocycles. The summed E-state index contributed by atoms with van der Waals surface area (Å²) in [7, 11) is -3.78. The fourth-order valence-corrected chi connectivity index (χ4v) is 2.77. The lowest BCUT2D eigenvalue weighted by molar-refractivity contribution is -0.135. The maximum absolute atomic E-state index is 11.1. The molecule has 0 aliphatic rings. The van der Waals surface area contributed by atoms with Crippen molar-refractivity contribution in [3.63, 3.8) is 0 Å². The average Bonchev–Trinajstić information content (AvgIpc) is 2.64. The quantitative estimate of drug-likeness (QED) is 0.763. The zero-order chi connectivity index (χ0) is 13.1. The summed E-state index contributed by atoms with van der Waals surface area (Å²) in [6.45, 7) is 2.17. The molecule has 0 radical (unpaired) electrons. The summed E-state index contributed by atoms with van der Waals surface area (Å²) in [5.74, 6) is -0.995. The van der Waals surface area contributed by atoms with Gasteiger partial charge >= 0.3 is 5.97 Å². The molecule has 0 spiro atoms. The van der Waals surface area contributed by atoms with Gasteiger partial charge in [-0.1, -0.05) is 18.3 Å². The molecule has 1 aromatic rings. The van der Waals surface area contributed by atoms with Gasteiger partial charge in [-0.15, -0.1) is 0 Å². The van der Waals surface area contributed by atoms with E-state index in [0.717, 1.165) is 24.0 Å². The van der Waals surface area contributed by atoms with Crippen molar-refractivity contribution in [1.82, 2.24) is 4.98 Å². The standard InChI is InChI=1S/C8H13N3O4S2/c1-2-3-11(5-6(12)13)8-10-4-7(16-8)17(9,14)15/h4H,2-3,5H2,1H3,(H,12,13)(H2,9,14,15). The van der Waals surface area contributed by atoms with Crippen molar-refractivity contribution in [3.8, 4) is 0 Å². The van der Waals surface area contributed by atoms with Gasteiger partial charge < -0.3 is 10.0 Å². The molecule has 0 aliphatic carbocycles. The van der Waals surface area contributed by atoms with Gasteiger partial charge in [0.1, 0.15) is 6.54 Å². The van der Waals surface area contributed by atoms with Crippen molar-refractivity contribution >= 4 is 32.5 Å². The second-order valence-electron chi connectivity index (χ2n) is 3.32. The molecule has 3 N–H and O–H groups in total. The van der Waals surface area contributed by atoms with Crippen molar-refractivity contribution < 1.29 is 18.3 Å². The summed E-state index contributed by atoms with van der Waals surface area (Å²) in [4.78, 5) is 16.0. The van der Waals surface area contributed by atoms with E-state index in [4.69, 9.17) is 10.2 Å². The zero-order valence-electron chi connectivity index (χ0n) is 9.16. The third-order valence-electron chi connectivity index (χ3n) is 1.84. The maximum atomic E-state index is 11.1. The molecule has 0 atom stereocenters. The normalized spacial score (nSPS) is 11.4. The third kappa shape index (κ3) is 3.95. The lowest BCUT2D eigenvalue weighted by Crippen LogP contribution is -2.30. The number of hydrogen-bond acceptors (Lipinski definition) is 6. The summed E-state index contributed by atoms with van der Waals surface area (Å²) in [6.07, 6.45) is 1.87. The highest BCUT2D eigenvalue weighted by atomic mass is 32.2. The molecule has 0 saturated heterocycles. The van der Waals surface area contributed by atoms with Crippen LogP contribution in [0.2, 0.25) is 0 Å². The van der Waals surface area contributed by atoms with Crippen LogP contribution < -0.4 is 10.0 Å². The Labute approximate surface area is 103 Å². The Kier molecular flexibility index (Phi) is 4.43. The Morgan fingerprint density at radius 3 is 2.71 bits per heavy atom. The lowest BCUT2D eigenvalue weighted by atomic mass is 10.4. The molecule has 0 unspecified atom stereocenters. The van der Waals surface area contributed by atoms with Gasteiger partial charge in [-0.2, -0.15) is 0 Å². The zero-order valence-corrected chi connectivity index (χ0v) is 10.8. The van der Waals surface area contributed by atoms with Crippen molar-refractivity contribution in [2.45, 2.75) is 17.6 Å². The highest BCUT2D eigenvalue weighted by molar-refractivity contribution is 7.91. The fourth-order valence-electron chi connectivity index (χ4n) is 1.20. The number of aromatic nitrogens is 1. The molecule has 0 aliphatic heterocycles. The van der Waals surface area contributed by atoms with Crippen LogP contribution in [0.5, 0.6) is 0 Å². The highest BCUT2D eigenvalue weighted by Crippen LogP contribution is 2.25. The van der Waals surface area contributed by atoms with Crippen molar-refractivity contribution in [2.75, 3.05) is 18.0 Å². The number of rotatable bonds is 6. The number of anilines is 1. The number of carboxylic acids is 1. The Bertz CT molecular complexity index is 497. The molecular weight excluding hydrogens is 266 g/mol. The molecule has 1 aromatic heterocycles. The number of primary sulfonamides is 1. The Morgan fingerprint density at radius 1 is 1.65 bits per heavy atom. The number of thiazole rings is 1. The number of hydrogen-bond donors (Lipinski definition) is 2. The third-order valence-corrected chi connectivity index (χ3v) is 4.31. The first kappa shape index (κ1) is 13.9. The largest absolute Gasteiger partial charge is 0.480 e. The lowest BCUT2D eigenvalue weighted by Gasteiger charge is -2.18. The van der Waals surface area contributed by atoms with E-state index in [0.29, 0.717) is 11.7 Å². The average molecular weight is 279 g/mol. The number of nitrogens with two attached hydrogens (primary N) is 1. The summed E-state index contributed by atoms with van der Waals surface area (Å²) >= 11 is 0.868. The molecule has 1 rings (SSSR count). The van der Waals surface area contributed by atoms with E-state index in [-0.39, 0.29) is 10.8 Å². The molecule has 9 heteroatoms. The van der Waals surface area contributed by atoms with Gasteiger partial charge in [0.2, 0.25) is 10.0 Å². The van der Waals surface area contributed by atoms with E-state index in [1.807, 2.05) is 6.92 Å². The fraction of sp³-hybridized carbons (Fsp3) is 0.500. The predicted molar refractivity (Wildman–Crippen MR) is 63.6 cm³/mol. The van der Waals surface area contributed by atoms with Gasteiger partial charge in [-0.25, -0.2) is 18.5 Å². The molecular formula is C8H13N3O4S2. The molecule has 96 valence electrons. The first-order chi connectivity index (χ1) is 7.84. The van der Waals surface area contributed by atoms with Gasteiger partial charge in [-0.3, -0.25) is 4.79 Å². The van der Waals surface area contributed by atoms with Crippen LogP contribution in [0.3, 0.4) is 0 Å². The number of nitrogens with zero attached hydrogens (tertiary/aromatic N) is 2. The molecule has 7 nitrogen and oxygen atoms in total. The minimum Gasteiger partial charge on any atom is -0.480 e. The maximum Gasteiger partial charge on any atom is 0.323 e. The summed E-state index contributed by atoms with van der Waals surface area (Å²) < 4.78 is 22.1. The van der Waals surface area contributed by atoms with Crippen molar-refractivity contribution in [2.24, 2.45) is 5.14 Å². The van der Waals surface area contributed by atoms with Crippen LogP contribution in [-0.4, -0.2) is 37.6 Å². The first-order valence-corrected chi connectivity index (χ1v) is 7.16. The minimum absolute atomic E-state index is 0.0704. The van der Waals surface area contributed by atoms with Crippen LogP contribution in [0.4, 0.5) is 5.13 Å². The van der Waals surface area contributed by atoms with Crippen LogP contribution >= 0.6 is 11.3 Å². The second kappa shape index (κ2) is 5.43. The van der Waals surface area contributed by atoms with Gasteiger partial charge in [0, 0.05) is 6.54 Å². The first-order valence-electron chi connectivity index (χ1n) is 4.80. The molecule has 0 amide bonds. The monoisotopic (exact) mass is 279 g/mol. The Morgan fingerprint density at radius 2 is 2.29 bits per heavy atom. The Hall–Kier alpha value is -1.19. The van der Waals surface area contributed by atoms with Crippen LogP contribution in [0.1, 0.15) is 13.3 Å². The van der Waals surface area contributed by atoms with E-state index in [1.54, 1.807) is 0 Å². The topological polar surface area (TPSA) is 114 Å². The summed E-state index contributed by atoms with van der Waals surface area (Å²) in [5, 5.41) is 14.0. The SMILES string of the molecule is CCCN(CC(=O)O)c1ncc(S(N)(=O)=O)s1. The number of sulfonamides is 1. The Balaban J connectivity index is 2.95. The van der Waals surface area contributed by atoms with Gasteiger partial charge in [0.15, 0.2) is 9.34 Å². The van der Waals surface area contributed by atoms with Gasteiger partial charge in [0.25, 0.3) is 0 Å². The molecule has 17 heavy (non-hydrogen) atoms. The van der Waals surface area contributed by atoms with Gasteiger partial charge in [0.05, 0.1) is 6.20 Å². The van der Waals surface area contributed by atoms with E-state index in [9.17, 15) is 13.2 Å². The molecule has 0 fully saturated rings. The van der Waals surface area contributed by atoms with E-state index < -0.39 is 16.0 Å². The van der Waals surface area contributed by atoms with Gasteiger partial charge in [-0.05, 0) is 6.42 Å².